The van der Waals surface area contributed by atoms with E-state index in [1.54, 1.807) is 0 Å². The largest absolute Gasteiger partial charge is 0.383 e. The van der Waals surface area contributed by atoms with E-state index in [-0.39, 0.29) is 0 Å². The highest BCUT2D eigenvalue weighted by atomic mass is 16.1. The summed E-state index contributed by atoms with van der Waals surface area (Å²) in [7, 11) is 3.87. The lowest BCUT2D eigenvalue weighted by atomic mass is 10.2. The zero-order chi connectivity index (χ0) is 7.56. The molecule has 0 aromatic carbocycles. The van der Waals surface area contributed by atoms with E-state index < -0.39 is 0 Å². The fourth-order valence-electron chi connectivity index (χ4n) is 0.947. The second-order valence-electron chi connectivity index (χ2n) is 2.98. The third kappa shape index (κ3) is 1.87. The van der Waals surface area contributed by atoms with E-state index in [0.29, 0.717) is 5.92 Å². The molecule has 0 aliphatic heterocycles. The quantitative estimate of drug-likeness (QED) is 0.430. The number of hydrogen-bond acceptors (Lipinski definition) is 2. The highest BCUT2D eigenvalue weighted by Gasteiger charge is 2.25. The molecule has 1 fully saturated rings. The molecule has 0 saturated heterocycles. The standard InChI is InChI=1S/C8H13NO/c1-9(2)5-8(6-10)7-3-4-7/h5-7H,3-4H2,1-2H3/b8-5-. The first-order valence-corrected chi connectivity index (χ1v) is 3.57. The number of nitrogens with zero attached hydrogens (tertiary/aromatic N) is 1. The molecule has 0 radical (unpaired) electrons. The number of carbonyl (C=O) groups excluding carboxylic acids is 1. The maximum absolute atomic E-state index is 10.4. The van der Waals surface area contributed by atoms with Crippen LogP contribution < -0.4 is 0 Å². The van der Waals surface area contributed by atoms with Crippen LogP contribution in [0.5, 0.6) is 0 Å². The van der Waals surface area contributed by atoms with E-state index >= 15 is 0 Å². The van der Waals surface area contributed by atoms with Crippen LogP contribution in [0.3, 0.4) is 0 Å². The first kappa shape index (κ1) is 7.32. The summed E-state index contributed by atoms with van der Waals surface area (Å²) in [6.45, 7) is 0. The van der Waals surface area contributed by atoms with Crippen LogP contribution in [0.15, 0.2) is 11.8 Å². The molecular formula is C8H13NO. The van der Waals surface area contributed by atoms with Crippen molar-refractivity contribution in [1.29, 1.82) is 0 Å². The van der Waals surface area contributed by atoms with Crippen LogP contribution in [0.1, 0.15) is 12.8 Å². The molecule has 10 heavy (non-hydrogen) atoms. The number of rotatable bonds is 3. The van der Waals surface area contributed by atoms with Gasteiger partial charge < -0.3 is 4.90 Å². The first-order chi connectivity index (χ1) is 4.74. The number of allylic oxidation sites excluding steroid dienone is 1. The third-order valence-electron chi connectivity index (χ3n) is 1.59. The van der Waals surface area contributed by atoms with Gasteiger partial charge in [-0.15, -0.1) is 0 Å². The summed E-state index contributed by atoms with van der Waals surface area (Å²) in [4.78, 5) is 12.3. The highest BCUT2D eigenvalue weighted by Crippen LogP contribution is 2.35. The molecule has 0 N–H and O–H groups in total. The minimum atomic E-state index is 0.569. The van der Waals surface area contributed by atoms with Crippen LogP contribution in [0.25, 0.3) is 0 Å². The Kier molecular flexibility index (Phi) is 2.10. The molecule has 2 heteroatoms. The molecule has 0 bridgehead atoms. The van der Waals surface area contributed by atoms with E-state index in [9.17, 15) is 4.79 Å². The highest BCUT2D eigenvalue weighted by molar-refractivity contribution is 5.74. The number of carbonyl (C=O) groups is 1. The van der Waals surface area contributed by atoms with Crippen LogP contribution >= 0.6 is 0 Å². The van der Waals surface area contributed by atoms with Crippen molar-refractivity contribution in [2.45, 2.75) is 12.8 Å². The SMILES string of the molecule is CN(C)/C=C(/C=O)C1CC1. The first-order valence-electron chi connectivity index (χ1n) is 3.57. The van der Waals surface area contributed by atoms with Gasteiger partial charge in [0.2, 0.25) is 0 Å². The van der Waals surface area contributed by atoms with Crippen molar-refractivity contribution in [3.05, 3.63) is 11.8 Å². The maximum atomic E-state index is 10.4. The molecule has 0 aromatic heterocycles. The fraction of sp³-hybridized carbons (Fsp3) is 0.625. The van der Waals surface area contributed by atoms with Gasteiger partial charge in [0.1, 0.15) is 6.29 Å². The van der Waals surface area contributed by atoms with Crippen molar-refractivity contribution < 1.29 is 4.79 Å². The topological polar surface area (TPSA) is 20.3 Å². The lowest BCUT2D eigenvalue weighted by Gasteiger charge is -2.05. The van der Waals surface area contributed by atoms with Crippen molar-refractivity contribution in [2.24, 2.45) is 5.92 Å². The van der Waals surface area contributed by atoms with Crippen LogP contribution in [-0.4, -0.2) is 25.3 Å². The Morgan fingerprint density at radius 3 is 2.40 bits per heavy atom. The lowest BCUT2D eigenvalue weighted by Crippen LogP contribution is -2.04. The molecule has 0 atom stereocenters. The monoisotopic (exact) mass is 139 g/mol. The van der Waals surface area contributed by atoms with Gasteiger partial charge in [-0.05, 0) is 18.8 Å². The van der Waals surface area contributed by atoms with Gasteiger partial charge in [0, 0.05) is 25.9 Å². The Bertz CT molecular complexity index is 157. The van der Waals surface area contributed by atoms with Gasteiger partial charge in [-0.25, -0.2) is 0 Å². The minimum Gasteiger partial charge on any atom is -0.383 e. The van der Waals surface area contributed by atoms with Gasteiger partial charge in [-0.3, -0.25) is 4.79 Å². The Morgan fingerprint density at radius 2 is 2.10 bits per heavy atom. The summed E-state index contributed by atoms with van der Waals surface area (Å²) in [5, 5.41) is 0. The van der Waals surface area contributed by atoms with Crippen molar-refractivity contribution >= 4 is 6.29 Å². The van der Waals surface area contributed by atoms with Gasteiger partial charge in [0.05, 0.1) is 0 Å². The summed E-state index contributed by atoms with van der Waals surface area (Å²) in [6.07, 6.45) is 5.26. The smallest absolute Gasteiger partial charge is 0.147 e. The van der Waals surface area contributed by atoms with E-state index in [1.165, 1.54) is 12.8 Å². The Morgan fingerprint density at radius 1 is 1.50 bits per heavy atom. The molecule has 0 unspecified atom stereocenters. The molecule has 1 aliphatic rings. The van der Waals surface area contributed by atoms with Gasteiger partial charge >= 0.3 is 0 Å². The van der Waals surface area contributed by atoms with Gasteiger partial charge in [0.25, 0.3) is 0 Å². The van der Waals surface area contributed by atoms with Crippen molar-refractivity contribution in [1.82, 2.24) is 4.90 Å². The predicted molar refractivity (Wildman–Crippen MR) is 40.6 cm³/mol. The Balaban J connectivity index is 2.53. The summed E-state index contributed by atoms with van der Waals surface area (Å²) in [6, 6.07) is 0. The van der Waals surface area contributed by atoms with Crippen molar-refractivity contribution in [3.63, 3.8) is 0 Å². The normalized spacial score (nSPS) is 18.8. The average Bonchev–Trinajstić information content (AvgIpc) is 2.63. The van der Waals surface area contributed by atoms with Crippen molar-refractivity contribution in [3.8, 4) is 0 Å². The van der Waals surface area contributed by atoms with E-state index in [0.717, 1.165) is 11.9 Å². The second kappa shape index (κ2) is 2.86. The van der Waals surface area contributed by atoms with E-state index in [4.69, 9.17) is 0 Å². The van der Waals surface area contributed by atoms with Gasteiger partial charge in [0.15, 0.2) is 0 Å². The molecule has 1 rings (SSSR count). The average molecular weight is 139 g/mol. The predicted octanol–water partition coefficient (Wildman–Crippen LogP) is 1.04. The molecule has 56 valence electrons. The molecular weight excluding hydrogens is 126 g/mol. The molecule has 0 aromatic rings. The summed E-state index contributed by atoms with van der Waals surface area (Å²) in [5.74, 6) is 0.569. The maximum Gasteiger partial charge on any atom is 0.147 e. The van der Waals surface area contributed by atoms with E-state index in [2.05, 4.69) is 0 Å². The zero-order valence-electron chi connectivity index (χ0n) is 6.50. The Hall–Kier alpha value is -0.790. The molecule has 0 amide bonds. The van der Waals surface area contributed by atoms with Crippen LogP contribution in [-0.2, 0) is 4.79 Å². The lowest BCUT2D eigenvalue weighted by molar-refractivity contribution is -0.105. The third-order valence-corrected chi connectivity index (χ3v) is 1.59. The molecule has 2 nitrogen and oxygen atoms in total. The summed E-state index contributed by atoms with van der Waals surface area (Å²) >= 11 is 0. The van der Waals surface area contributed by atoms with E-state index in [1.807, 2.05) is 25.2 Å². The summed E-state index contributed by atoms with van der Waals surface area (Å²) in [5.41, 5.74) is 0.949. The zero-order valence-corrected chi connectivity index (χ0v) is 6.50. The minimum absolute atomic E-state index is 0.569. The van der Waals surface area contributed by atoms with Gasteiger partial charge in [-0.2, -0.15) is 0 Å². The molecule has 1 aliphatic carbocycles. The second-order valence-corrected chi connectivity index (χ2v) is 2.98. The number of hydrogen-bond donors (Lipinski definition) is 0. The Labute approximate surface area is 61.5 Å². The number of aldehydes is 1. The van der Waals surface area contributed by atoms with Crippen LogP contribution in [0, 0.1) is 5.92 Å². The molecule has 1 saturated carbocycles. The van der Waals surface area contributed by atoms with Crippen LogP contribution in [0.2, 0.25) is 0 Å². The van der Waals surface area contributed by atoms with Crippen LogP contribution in [0.4, 0.5) is 0 Å². The van der Waals surface area contributed by atoms with Crippen molar-refractivity contribution in [2.75, 3.05) is 14.1 Å². The van der Waals surface area contributed by atoms with Gasteiger partial charge in [-0.1, -0.05) is 0 Å². The summed E-state index contributed by atoms with van der Waals surface area (Å²) < 4.78 is 0. The molecule has 0 heterocycles. The molecule has 0 spiro atoms. The fourth-order valence-corrected chi connectivity index (χ4v) is 0.947.